The van der Waals surface area contributed by atoms with Gasteiger partial charge < -0.3 is 4.42 Å². The number of fused-ring (bicyclic) bond motifs is 3. The maximum atomic E-state index is 6.13. The van der Waals surface area contributed by atoms with E-state index in [0.717, 1.165) is 39.7 Å². The molecule has 4 rings (SSSR count). The minimum absolute atomic E-state index is 0.468. The van der Waals surface area contributed by atoms with Crippen LogP contribution in [-0.2, 0) is 6.42 Å². The van der Waals surface area contributed by atoms with Gasteiger partial charge in [0.15, 0.2) is 0 Å². The summed E-state index contributed by atoms with van der Waals surface area (Å²) >= 11 is 0. The summed E-state index contributed by atoms with van der Waals surface area (Å²) in [6, 6.07) is 14.6. The minimum atomic E-state index is 0.468. The highest BCUT2D eigenvalue weighted by Crippen LogP contribution is 2.35. The lowest BCUT2D eigenvalue weighted by molar-refractivity contribution is 0.652. The van der Waals surface area contributed by atoms with Crippen molar-refractivity contribution in [2.75, 3.05) is 0 Å². The van der Waals surface area contributed by atoms with Gasteiger partial charge in [-0.3, -0.25) is 4.98 Å². The van der Waals surface area contributed by atoms with Gasteiger partial charge >= 0.3 is 0 Å². The van der Waals surface area contributed by atoms with Gasteiger partial charge in [0.2, 0.25) is 5.71 Å². The molecule has 0 aliphatic heterocycles. The molecule has 0 aliphatic rings. The highest BCUT2D eigenvalue weighted by Gasteiger charge is 2.14. The molecule has 0 N–H and O–H groups in total. The van der Waals surface area contributed by atoms with Crippen LogP contribution in [0.15, 0.2) is 53.1 Å². The number of hydrogen-bond acceptors (Lipinski definition) is 3. The average Bonchev–Trinajstić information content (AvgIpc) is 2.99. The standard InChI is InChI=1S/C21H20N2O/c1-4-15-8-9-17-16-6-5-7-18(20(16)24-21(17)23-15)19-12-14(13(2)3)10-11-22-19/h5-13H,4H2,1-3H3. The summed E-state index contributed by atoms with van der Waals surface area (Å²) in [6.07, 6.45) is 2.78. The Labute approximate surface area is 141 Å². The minimum Gasteiger partial charge on any atom is -0.437 e. The number of aryl methyl sites for hydroxylation is 1. The Morgan fingerprint density at radius 1 is 1.04 bits per heavy atom. The molecule has 0 saturated carbocycles. The molecule has 24 heavy (non-hydrogen) atoms. The monoisotopic (exact) mass is 316 g/mol. The van der Waals surface area contributed by atoms with Crippen molar-refractivity contribution in [1.82, 2.24) is 9.97 Å². The summed E-state index contributed by atoms with van der Waals surface area (Å²) in [4.78, 5) is 9.19. The Balaban J connectivity index is 1.97. The molecule has 0 spiro atoms. The predicted molar refractivity (Wildman–Crippen MR) is 98.2 cm³/mol. The largest absolute Gasteiger partial charge is 0.437 e. The first-order valence-electron chi connectivity index (χ1n) is 8.45. The molecule has 3 aromatic heterocycles. The van der Waals surface area contributed by atoms with Gasteiger partial charge in [-0.15, -0.1) is 0 Å². The molecule has 3 heterocycles. The molecule has 4 aromatic rings. The molecular formula is C21H20N2O. The molecule has 1 aromatic carbocycles. The van der Waals surface area contributed by atoms with Gasteiger partial charge in [-0.25, -0.2) is 4.98 Å². The fourth-order valence-corrected chi connectivity index (χ4v) is 3.07. The number of aromatic nitrogens is 2. The first-order valence-corrected chi connectivity index (χ1v) is 8.45. The topological polar surface area (TPSA) is 38.9 Å². The van der Waals surface area contributed by atoms with Crippen LogP contribution in [-0.4, -0.2) is 9.97 Å². The van der Waals surface area contributed by atoms with Crippen LogP contribution in [0.3, 0.4) is 0 Å². The van der Waals surface area contributed by atoms with Crippen molar-refractivity contribution in [2.45, 2.75) is 33.1 Å². The molecule has 3 nitrogen and oxygen atoms in total. The summed E-state index contributed by atoms with van der Waals surface area (Å²) in [6.45, 7) is 6.48. The zero-order chi connectivity index (χ0) is 16.7. The lowest BCUT2D eigenvalue weighted by atomic mass is 10.0. The molecule has 3 heteroatoms. The van der Waals surface area contributed by atoms with Gasteiger partial charge in [-0.05, 0) is 48.2 Å². The van der Waals surface area contributed by atoms with Crippen molar-refractivity contribution in [3.63, 3.8) is 0 Å². The Morgan fingerprint density at radius 2 is 1.92 bits per heavy atom. The zero-order valence-electron chi connectivity index (χ0n) is 14.2. The Morgan fingerprint density at radius 3 is 2.71 bits per heavy atom. The van der Waals surface area contributed by atoms with E-state index < -0.39 is 0 Å². The summed E-state index contributed by atoms with van der Waals surface area (Å²) in [7, 11) is 0. The fraction of sp³-hybridized carbons (Fsp3) is 0.238. The van der Waals surface area contributed by atoms with Crippen LogP contribution in [0.4, 0.5) is 0 Å². The van der Waals surface area contributed by atoms with E-state index >= 15 is 0 Å². The van der Waals surface area contributed by atoms with E-state index in [1.165, 1.54) is 5.56 Å². The maximum absolute atomic E-state index is 6.13. The molecule has 0 saturated heterocycles. The molecule has 0 amide bonds. The van der Waals surface area contributed by atoms with Crippen LogP contribution < -0.4 is 0 Å². The second kappa shape index (κ2) is 5.75. The lowest BCUT2D eigenvalue weighted by Crippen LogP contribution is -1.90. The summed E-state index contributed by atoms with van der Waals surface area (Å²) in [5.74, 6) is 0.468. The highest BCUT2D eigenvalue weighted by atomic mass is 16.3. The molecular weight excluding hydrogens is 296 g/mol. The molecule has 0 atom stereocenters. The van der Waals surface area contributed by atoms with E-state index in [0.29, 0.717) is 11.6 Å². The van der Waals surface area contributed by atoms with Crippen LogP contribution >= 0.6 is 0 Å². The van der Waals surface area contributed by atoms with E-state index in [2.05, 4.69) is 73.2 Å². The van der Waals surface area contributed by atoms with Crippen molar-refractivity contribution < 1.29 is 4.42 Å². The Bertz CT molecular complexity index is 1030. The van der Waals surface area contributed by atoms with Crippen LogP contribution in [0.1, 0.15) is 37.9 Å². The normalized spacial score (nSPS) is 11.7. The van der Waals surface area contributed by atoms with E-state index in [1.54, 1.807) is 0 Å². The lowest BCUT2D eigenvalue weighted by Gasteiger charge is -2.07. The van der Waals surface area contributed by atoms with Crippen molar-refractivity contribution in [3.8, 4) is 11.3 Å². The number of nitrogens with zero attached hydrogens (tertiary/aromatic N) is 2. The third-order valence-electron chi connectivity index (χ3n) is 4.51. The highest BCUT2D eigenvalue weighted by molar-refractivity contribution is 6.08. The Hall–Kier alpha value is -2.68. The number of benzene rings is 1. The number of furan rings is 1. The van der Waals surface area contributed by atoms with Gasteiger partial charge in [-0.2, -0.15) is 0 Å². The van der Waals surface area contributed by atoms with E-state index in [1.807, 2.05) is 6.20 Å². The fourth-order valence-electron chi connectivity index (χ4n) is 3.07. The van der Waals surface area contributed by atoms with Gasteiger partial charge in [0, 0.05) is 28.2 Å². The molecule has 120 valence electrons. The number of hydrogen-bond donors (Lipinski definition) is 0. The van der Waals surface area contributed by atoms with Gasteiger partial charge in [-0.1, -0.05) is 32.9 Å². The van der Waals surface area contributed by atoms with Gasteiger partial charge in [0.1, 0.15) is 5.58 Å². The predicted octanol–water partition coefficient (Wildman–Crippen LogP) is 5.73. The average molecular weight is 316 g/mol. The van der Waals surface area contributed by atoms with E-state index in [9.17, 15) is 0 Å². The van der Waals surface area contributed by atoms with Crippen molar-refractivity contribution in [2.24, 2.45) is 0 Å². The number of para-hydroxylation sites is 1. The molecule has 0 radical (unpaired) electrons. The van der Waals surface area contributed by atoms with Gasteiger partial charge in [0.25, 0.3) is 0 Å². The third-order valence-corrected chi connectivity index (χ3v) is 4.51. The van der Waals surface area contributed by atoms with Crippen molar-refractivity contribution in [3.05, 3.63) is 59.9 Å². The molecule has 0 aliphatic carbocycles. The van der Waals surface area contributed by atoms with Crippen LogP contribution in [0, 0.1) is 0 Å². The van der Waals surface area contributed by atoms with Crippen LogP contribution in [0.5, 0.6) is 0 Å². The number of rotatable bonds is 3. The van der Waals surface area contributed by atoms with E-state index in [4.69, 9.17) is 4.42 Å². The Kier molecular flexibility index (Phi) is 3.57. The first-order chi connectivity index (χ1) is 11.7. The quantitative estimate of drug-likeness (QED) is 0.484. The summed E-state index contributed by atoms with van der Waals surface area (Å²) in [5, 5.41) is 2.15. The second-order valence-corrected chi connectivity index (χ2v) is 6.42. The summed E-state index contributed by atoms with van der Waals surface area (Å²) in [5.41, 5.74) is 5.86. The molecule has 0 unspecified atom stereocenters. The maximum Gasteiger partial charge on any atom is 0.227 e. The molecule has 0 fully saturated rings. The summed E-state index contributed by atoms with van der Waals surface area (Å²) < 4.78 is 6.13. The SMILES string of the molecule is CCc1ccc2c(n1)oc1c(-c3cc(C(C)C)ccn3)cccc12. The smallest absolute Gasteiger partial charge is 0.227 e. The number of pyridine rings is 2. The van der Waals surface area contributed by atoms with Crippen molar-refractivity contribution in [1.29, 1.82) is 0 Å². The van der Waals surface area contributed by atoms with Crippen LogP contribution in [0.2, 0.25) is 0 Å². The van der Waals surface area contributed by atoms with Gasteiger partial charge in [0.05, 0.1) is 5.69 Å². The van der Waals surface area contributed by atoms with Crippen molar-refractivity contribution >= 4 is 22.1 Å². The molecule has 0 bridgehead atoms. The zero-order valence-corrected chi connectivity index (χ0v) is 14.2. The second-order valence-electron chi connectivity index (χ2n) is 6.42. The van der Waals surface area contributed by atoms with Crippen LogP contribution in [0.25, 0.3) is 33.3 Å². The van der Waals surface area contributed by atoms with E-state index in [-0.39, 0.29) is 0 Å². The third kappa shape index (κ3) is 2.37. The first kappa shape index (κ1) is 14.9.